The summed E-state index contributed by atoms with van der Waals surface area (Å²) in [6, 6.07) is 2.85. The lowest BCUT2D eigenvalue weighted by molar-refractivity contribution is -0.143. The first kappa shape index (κ1) is 33.6. The lowest BCUT2D eigenvalue weighted by Gasteiger charge is -2.25. The predicted octanol–water partition coefficient (Wildman–Crippen LogP) is 0.324. The number of rotatable bonds is 19. The molecule has 1 aromatic carbocycles. The highest BCUT2D eigenvalue weighted by molar-refractivity contribution is 7.98. The number of nitrogens with two attached hydrogens (primary N) is 2. The molecule has 0 radical (unpaired) electrons. The van der Waals surface area contributed by atoms with E-state index >= 15 is 0 Å². The first-order chi connectivity index (χ1) is 19.6. The molecule has 0 aliphatic rings. The van der Waals surface area contributed by atoms with Crippen LogP contribution in [-0.4, -0.2) is 87.6 Å². The van der Waals surface area contributed by atoms with Crippen LogP contribution in [-0.2, 0) is 30.4 Å². The van der Waals surface area contributed by atoms with Crippen molar-refractivity contribution >= 4 is 52.3 Å². The van der Waals surface area contributed by atoms with Gasteiger partial charge in [0.15, 0.2) is 0 Å². The first-order valence-electron chi connectivity index (χ1n) is 13.4. The third-order valence-corrected chi connectivity index (χ3v) is 7.19. The zero-order valence-corrected chi connectivity index (χ0v) is 23.9. The molecule has 4 atom stereocenters. The molecule has 14 heteroatoms. The number of thioether (sulfide) groups is 1. The van der Waals surface area contributed by atoms with Crippen LogP contribution in [0.4, 0.5) is 0 Å². The van der Waals surface area contributed by atoms with Crippen LogP contribution >= 0.6 is 11.8 Å². The molecule has 13 nitrogen and oxygen atoms in total. The molecule has 1 aromatic heterocycles. The summed E-state index contributed by atoms with van der Waals surface area (Å²) in [5.41, 5.74) is 13.0. The van der Waals surface area contributed by atoms with Gasteiger partial charge in [-0.3, -0.25) is 19.2 Å². The SMILES string of the molecule is CSCCC(NC(=O)C(N)CCCCN)C(=O)NC(Cc1c[nH]c2ccccc12)C(=O)NC(CCC(=O)O)C(=O)O. The molecule has 0 saturated carbocycles. The van der Waals surface area contributed by atoms with Gasteiger partial charge in [0.05, 0.1) is 6.04 Å². The largest absolute Gasteiger partial charge is 0.481 e. The summed E-state index contributed by atoms with van der Waals surface area (Å²) in [7, 11) is 0. The van der Waals surface area contributed by atoms with Crippen molar-refractivity contribution in [2.75, 3.05) is 18.6 Å². The summed E-state index contributed by atoms with van der Waals surface area (Å²) < 4.78 is 0. The summed E-state index contributed by atoms with van der Waals surface area (Å²) in [6.45, 7) is 0.478. The van der Waals surface area contributed by atoms with E-state index in [1.165, 1.54) is 11.8 Å². The molecule has 0 aliphatic heterocycles. The number of carboxylic acids is 2. The number of hydrogen-bond acceptors (Lipinski definition) is 8. The van der Waals surface area contributed by atoms with Gasteiger partial charge in [0.2, 0.25) is 17.7 Å². The van der Waals surface area contributed by atoms with Crippen molar-refractivity contribution in [2.24, 2.45) is 11.5 Å². The Morgan fingerprint density at radius 1 is 0.902 bits per heavy atom. The lowest BCUT2D eigenvalue weighted by atomic mass is 10.0. The molecule has 0 spiro atoms. The van der Waals surface area contributed by atoms with E-state index in [-0.39, 0.29) is 19.3 Å². The number of para-hydroxylation sites is 1. The number of carbonyl (C=O) groups is 5. The van der Waals surface area contributed by atoms with E-state index in [1.807, 2.05) is 30.5 Å². The van der Waals surface area contributed by atoms with E-state index in [0.717, 1.165) is 10.9 Å². The lowest BCUT2D eigenvalue weighted by Crippen LogP contribution is -2.57. The van der Waals surface area contributed by atoms with E-state index < -0.39 is 60.2 Å². The summed E-state index contributed by atoms with van der Waals surface area (Å²) in [6.07, 6.45) is 4.80. The van der Waals surface area contributed by atoms with Gasteiger partial charge in [0.25, 0.3) is 0 Å². The highest BCUT2D eigenvalue weighted by Crippen LogP contribution is 2.19. The molecule has 0 bridgehead atoms. The molecular formula is C27H40N6O7S. The maximum absolute atomic E-state index is 13.4. The molecule has 2 rings (SSSR count). The Balaban J connectivity index is 2.27. The molecule has 0 aliphatic carbocycles. The van der Waals surface area contributed by atoms with Crippen molar-refractivity contribution in [1.29, 1.82) is 0 Å². The molecule has 226 valence electrons. The first-order valence-corrected chi connectivity index (χ1v) is 14.8. The second-order valence-electron chi connectivity index (χ2n) is 9.69. The summed E-state index contributed by atoms with van der Waals surface area (Å²) in [4.78, 5) is 65.3. The maximum atomic E-state index is 13.4. The molecule has 0 fully saturated rings. The van der Waals surface area contributed by atoms with Crippen LogP contribution in [0.15, 0.2) is 30.5 Å². The van der Waals surface area contributed by atoms with Gasteiger partial charge in [-0.15, -0.1) is 0 Å². The van der Waals surface area contributed by atoms with E-state index in [1.54, 1.807) is 6.20 Å². The smallest absolute Gasteiger partial charge is 0.326 e. The fraction of sp³-hybridized carbons (Fsp3) is 0.519. The number of unbranched alkanes of at least 4 members (excludes halogenated alkanes) is 1. The fourth-order valence-electron chi connectivity index (χ4n) is 4.22. The Morgan fingerprint density at radius 3 is 2.22 bits per heavy atom. The van der Waals surface area contributed by atoms with Gasteiger partial charge in [0, 0.05) is 29.9 Å². The zero-order valence-electron chi connectivity index (χ0n) is 23.1. The monoisotopic (exact) mass is 592 g/mol. The second kappa shape index (κ2) is 17.3. The van der Waals surface area contributed by atoms with Crippen molar-refractivity contribution in [3.05, 3.63) is 36.0 Å². The minimum atomic E-state index is -1.47. The molecule has 3 amide bonds. The van der Waals surface area contributed by atoms with E-state index in [0.29, 0.717) is 37.1 Å². The average molecular weight is 593 g/mol. The Bertz CT molecular complexity index is 1190. The third kappa shape index (κ3) is 11.1. The van der Waals surface area contributed by atoms with Gasteiger partial charge in [-0.2, -0.15) is 11.8 Å². The summed E-state index contributed by atoms with van der Waals surface area (Å²) >= 11 is 1.48. The average Bonchev–Trinajstić information content (AvgIpc) is 3.35. The number of fused-ring (bicyclic) bond motifs is 1. The number of aromatic amines is 1. The van der Waals surface area contributed by atoms with Crippen LogP contribution in [0.3, 0.4) is 0 Å². The molecule has 1 heterocycles. The van der Waals surface area contributed by atoms with Crippen LogP contribution in [0.25, 0.3) is 10.9 Å². The number of benzene rings is 1. The minimum Gasteiger partial charge on any atom is -0.481 e. The van der Waals surface area contributed by atoms with Gasteiger partial charge >= 0.3 is 11.9 Å². The van der Waals surface area contributed by atoms with E-state index in [9.17, 15) is 29.1 Å². The van der Waals surface area contributed by atoms with E-state index in [4.69, 9.17) is 16.6 Å². The van der Waals surface area contributed by atoms with Crippen molar-refractivity contribution < 1.29 is 34.2 Å². The van der Waals surface area contributed by atoms with Crippen LogP contribution in [0.1, 0.15) is 44.1 Å². The molecular weight excluding hydrogens is 552 g/mol. The Kier molecular flexibility index (Phi) is 14.1. The highest BCUT2D eigenvalue weighted by Gasteiger charge is 2.31. The topological polar surface area (TPSA) is 230 Å². The normalized spacial score (nSPS) is 14.0. The molecule has 4 unspecified atom stereocenters. The van der Waals surface area contributed by atoms with Gasteiger partial charge in [-0.05, 0) is 55.9 Å². The Morgan fingerprint density at radius 2 is 1.56 bits per heavy atom. The molecule has 41 heavy (non-hydrogen) atoms. The van der Waals surface area contributed by atoms with Crippen LogP contribution in [0, 0.1) is 0 Å². The molecule has 0 saturated heterocycles. The van der Waals surface area contributed by atoms with Gasteiger partial charge in [0.1, 0.15) is 18.1 Å². The number of carbonyl (C=O) groups excluding carboxylic acids is 3. The highest BCUT2D eigenvalue weighted by atomic mass is 32.2. The van der Waals surface area contributed by atoms with Crippen molar-refractivity contribution in [3.8, 4) is 0 Å². The second-order valence-corrected chi connectivity index (χ2v) is 10.7. The minimum absolute atomic E-state index is 0.00858. The van der Waals surface area contributed by atoms with E-state index in [2.05, 4.69) is 20.9 Å². The van der Waals surface area contributed by atoms with Crippen LogP contribution in [0.2, 0.25) is 0 Å². The number of carboxylic acid groups (broad SMARTS) is 2. The molecule has 10 N–H and O–H groups in total. The van der Waals surface area contributed by atoms with Gasteiger partial charge < -0.3 is 42.6 Å². The van der Waals surface area contributed by atoms with Crippen molar-refractivity contribution in [3.63, 3.8) is 0 Å². The zero-order chi connectivity index (χ0) is 30.4. The molecule has 2 aromatic rings. The predicted molar refractivity (Wildman–Crippen MR) is 156 cm³/mol. The third-order valence-electron chi connectivity index (χ3n) is 6.54. The van der Waals surface area contributed by atoms with Gasteiger partial charge in [-0.25, -0.2) is 4.79 Å². The Hall–Kier alpha value is -3.62. The quantitative estimate of drug-likeness (QED) is 0.104. The van der Waals surface area contributed by atoms with Crippen LogP contribution in [0.5, 0.6) is 0 Å². The maximum Gasteiger partial charge on any atom is 0.326 e. The van der Waals surface area contributed by atoms with Crippen LogP contribution < -0.4 is 27.4 Å². The number of nitrogens with one attached hydrogen (secondary N) is 4. The standard InChI is InChI=1S/C27H40N6O7S/c1-41-13-11-20(31-24(36)18(29)7-4-5-12-28)25(37)33-22(14-16-15-30-19-8-3-2-6-17(16)19)26(38)32-21(27(39)40)9-10-23(34)35/h2-3,6,8,15,18,20-22,30H,4-5,7,9-14,28-29H2,1H3,(H,31,36)(H,32,38)(H,33,37)(H,34,35)(H,39,40). The Labute approximate surface area is 242 Å². The number of H-pyrrole nitrogens is 1. The number of aliphatic carboxylic acids is 2. The number of hydrogen-bond donors (Lipinski definition) is 8. The number of aromatic nitrogens is 1. The van der Waals surface area contributed by atoms with Gasteiger partial charge in [-0.1, -0.05) is 24.6 Å². The summed E-state index contributed by atoms with van der Waals surface area (Å²) in [5.74, 6) is -3.99. The van der Waals surface area contributed by atoms with Crippen molar-refractivity contribution in [1.82, 2.24) is 20.9 Å². The number of amides is 3. The fourth-order valence-corrected chi connectivity index (χ4v) is 4.69. The summed E-state index contributed by atoms with van der Waals surface area (Å²) in [5, 5.41) is 27.0. The van der Waals surface area contributed by atoms with Crippen molar-refractivity contribution in [2.45, 2.75) is 69.1 Å².